The Balaban J connectivity index is 1.80. The Morgan fingerprint density at radius 1 is 1.07 bits per heavy atom. The van der Waals surface area contributed by atoms with Gasteiger partial charge in [0.2, 0.25) is 0 Å². The number of hydrogen-bond donors (Lipinski definition) is 3. The molecule has 1 amide bonds. The minimum atomic E-state index is -0.415. The van der Waals surface area contributed by atoms with Gasteiger partial charge in [-0.15, -0.1) is 0 Å². The number of amides is 1. The number of hydrogen-bond acceptors (Lipinski definition) is 3. The van der Waals surface area contributed by atoms with E-state index < -0.39 is 5.82 Å². The third kappa shape index (κ3) is 4.35. The van der Waals surface area contributed by atoms with E-state index in [0.717, 1.165) is 11.1 Å². The molecule has 0 saturated carbocycles. The minimum Gasteiger partial charge on any atom is -0.497 e. The van der Waals surface area contributed by atoms with Gasteiger partial charge in [-0.25, -0.2) is 4.39 Å². The number of carbonyl (C=O) groups excluding carboxylic acids is 1. The normalized spacial score (nSPS) is 10.4. The fourth-order valence-electron chi connectivity index (χ4n) is 2.80. The van der Waals surface area contributed by atoms with Crippen LogP contribution < -0.4 is 15.8 Å². The summed E-state index contributed by atoms with van der Waals surface area (Å²) in [5.74, 6) is -0.0464. The largest absolute Gasteiger partial charge is 0.497 e. The molecule has 0 bridgehead atoms. The molecule has 3 rings (SSSR count). The lowest BCUT2D eigenvalue weighted by molar-refractivity contribution is 0.0951. The SMILES string of the molecule is COc1ccc(-c2cc(F)ccc2C(=O)NCc2ccc(C(=N)N)cc2)cc1. The van der Waals surface area contributed by atoms with Gasteiger partial charge in [0, 0.05) is 17.7 Å². The van der Waals surface area contributed by atoms with Crippen molar-refractivity contribution >= 4 is 11.7 Å². The molecule has 4 N–H and O–H groups in total. The molecule has 0 aliphatic rings. The lowest BCUT2D eigenvalue weighted by atomic mass is 9.98. The summed E-state index contributed by atoms with van der Waals surface area (Å²) >= 11 is 0. The Morgan fingerprint density at radius 3 is 2.36 bits per heavy atom. The van der Waals surface area contributed by atoms with Crippen molar-refractivity contribution in [1.82, 2.24) is 5.32 Å². The van der Waals surface area contributed by atoms with Gasteiger partial charge in [0.05, 0.1) is 7.11 Å². The Hall–Kier alpha value is -3.67. The van der Waals surface area contributed by atoms with E-state index in [4.69, 9.17) is 15.9 Å². The van der Waals surface area contributed by atoms with E-state index in [1.165, 1.54) is 18.2 Å². The lowest BCUT2D eigenvalue weighted by Crippen LogP contribution is -2.23. The van der Waals surface area contributed by atoms with Crippen LogP contribution in [0.2, 0.25) is 0 Å². The molecule has 28 heavy (non-hydrogen) atoms. The van der Waals surface area contributed by atoms with Gasteiger partial charge in [0.25, 0.3) is 5.91 Å². The fraction of sp³-hybridized carbons (Fsp3) is 0.0909. The van der Waals surface area contributed by atoms with Gasteiger partial charge in [-0.2, -0.15) is 0 Å². The second kappa shape index (κ2) is 8.35. The Morgan fingerprint density at radius 2 is 1.75 bits per heavy atom. The quantitative estimate of drug-likeness (QED) is 0.452. The third-order valence-electron chi connectivity index (χ3n) is 4.35. The summed E-state index contributed by atoms with van der Waals surface area (Å²) in [6, 6.07) is 18.2. The molecular formula is C22H20FN3O2. The molecule has 5 nitrogen and oxygen atoms in total. The summed E-state index contributed by atoms with van der Waals surface area (Å²) in [6.07, 6.45) is 0. The summed E-state index contributed by atoms with van der Waals surface area (Å²) in [5, 5.41) is 10.3. The van der Waals surface area contributed by atoms with Gasteiger partial charge in [0.15, 0.2) is 0 Å². The molecule has 3 aromatic carbocycles. The smallest absolute Gasteiger partial charge is 0.252 e. The molecule has 0 aromatic heterocycles. The van der Waals surface area contributed by atoms with Crippen molar-refractivity contribution in [3.63, 3.8) is 0 Å². The monoisotopic (exact) mass is 377 g/mol. The second-order valence-electron chi connectivity index (χ2n) is 6.21. The van der Waals surface area contributed by atoms with Gasteiger partial charge < -0.3 is 15.8 Å². The molecule has 0 unspecified atom stereocenters. The highest BCUT2D eigenvalue weighted by atomic mass is 19.1. The van der Waals surface area contributed by atoms with Gasteiger partial charge in [-0.3, -0.25) is 10.2 Å². The van der Waals surface area contributed by atoms with Crippen molar-refractivity contribution in [1.29, 1.82) is 5.41 Å². The van der Waals surface area contributed by atoms with Crippen LogP contribution in [-0.2, 0) is 6.54 Å². The zero-order valence-corrected chi connectivity index (χ0v) is 15.3. The molecule has 0 radical (unpaired) electrons. The van der Waals surface area contributed by atoms with Crippen molar-refractivity contribution in [2.75, 3.05) is 7.11 Å². The predicted octanol–water partition coefficient (Wildman–Crippen LogP) is 3.72. The Kier molecular flexibility index (Phi) is 5.69. The van der Waals surface area contributed by atoms with Crippen LogP contribution in [0, 0.1) is 11.2 Å². The van der Waals surface area contributed by atoms with E-state index in [9.17, 15) is 9.18 Å². The maximum atomic E-state index is 13.8. The van der Waals surface area contributed by atoms with E-state index in [1.807, 2.05) is 0 Å². The number of nitrogen functional groups attached to an aromatic ring is 1. The van der Waals surface area contributed by atoms with Crippen LogP contribution in [0.3, 0.4) is 0 Å². The second-order valence-corrected chi connectivity index (χ2v) is 6.21. The highest BCUT2D eigenvalue weighted by Gasteiger charge is 2.14. The molecule has 0 spiro atoms. The molecule has 0 fully saturated rings. The van der Waals surface area contributed by atoms with E-state index in [-0.39, 0.29) is 11.7 Å². The van der Waals surface area contributed by atoms with Gasteiger partial charge >= 0.3 is 0 Å². The van der Waals surface area contributed by atoms with Crippen molar-refractivity contribution in [3.05, 3.63) is 89.2 Å². The highest BCUT2D eigenvalue weighted by molar-refractivity contribution is 6.01. The van der Waals surface area contributed by atoms with E-state index >= 15 is 0 Å². The number of rotatable bonds is 6. The van der Waals surface area contributed by atoms with Crippen LogP contribution in [0.15, 0.2) is 66.7 Å². The van der Waals surface area contributed by atoms with Crippen LogP contribution in [0.1, 0.15) is 21.5 Å². The number of benzene rings is 3. The molecule has 0 saturated heterocycles. The van der Waals surface area contributed by atoms with Crippen molar-refractivity contribution in [2.45, 2.75) is 6.54 Å². The molecule has 6 heteroatoms. The predicted molar refractivity (Wildman–Crippen MR) is 107 cm³/mol. The maximum Gasteiger partial charge on any atom is 0.252 e. The molecular weight excluding hydrogens is 357 g/mol. The van der Waals surface area contributed by atoms with Crippen LogP contribution in [0.5, 0.6) is 5.75 Å². The number of ether oxygens (including phenoxy) is 1. The number of carbonyl (C=O) groups is 1. The van der Waals surface area contributed by atoms with Crippen molar-refractivity contribution < 1.29 is 13.9 Å². The first-order chi connectivity index (χ1) is 13.5. The maximum absolute atomic E-state index is 13.8. The standard InChI is InChI=1S/C22H20FN3O2/c1-28-18-9-6-15(7-10-18)20-12-17(23)8-11-19(20)22(27)26-13-14-2-4-16(5-3-14)21(24)25/h2-12H,13H2,1H3,(H3,24,25)(H,26,27). The third-order valence-corrected chi connectivity index (χ3v) is 4.35. The number of amidine groups is 1. The molecule has 3 aromatic rings. The average molecular weight is 377 g/mol. The fourth-order valence-corrected chi connectivity index (χ4v) is 2.80. The highest BCUT2D eigenvalue weighted by Crippen LogP contribution is 2.27. The zero-order chi connectivity index (χ0) is 20.1. The van der Waals surface area contributed by atoms with Crippen LogP contribution in [0.4, 0.5) is 4.39 Å². The summed E-state index contributed by atoms with van der Waals surface area (Å²) < 4.78 is 19.0. The number of methoxy groups -OCH3 is 1. The summed E-state index contributed by atoms with van der Waals surface area (Å²) in [7, 11) is 1.57. The average Bonchev–Trinajstić information content (AvgIpc) is 2.72. The Labute approximate surface area is 162 Å². The molecule has 142 valence electrons. The summed E-state index contributed by atoms with van der Waals surface area (Å²) in [5.41, 5.74) is 8.53. The summed E-state index contributed by atoms with van der Waals surface area (Å²) in [4.78, 5) is 12.7. The molecule has 0 heterocycles. The van der Waals surface area contributed by atoms with Gasteiger partial charge in [-0.1, -0.05) is 36.4 Å². The molecule has 0 aliphatic heterocycles. The lowest BCUT2D eigenvalue weighted by Gasteiger charge is -2.12. The van der Waals surface area contributed by atoms with Gasteiger partial charge in [-0.05, 0) is 47.0 Å². The van der Waals surface area contributed by atoms with Crippen LogP contribution >= 0.6 is 0 Å². The molecule has 0 atom stereocenters. The topological polar surface area (TPSA) is 88.2 Å². The summed E-state index contributed by atoms with van der Waals surface area (Å²) in [6.45, 7) is 0.302. The van der Waals surface area contributed by atoms with Gasteiger partial charge in [0.1, 0.15) is 17.4 Å². The minimum absolute atomic E-state index is 0.00830. The number of nitrogens with one attached hydrogen (secondary N) is 2. The van der Waals surface area contributed by atoms with E-state index in [2.05, 4.69) is 5.32 Å². The van der Waals surface area contributed by atoms with E-state index in [1.54, 1.807) is 55.6 Å². The first kappa shape index (κ1) is 19.1. The first-order valence-corrected chi connectivity index (χ1v) is 8.63. The number of nitrogens with two attached hydrogens (primary N) is 1. The molecule has 0 aliphatic carbocycles. The van der Waals surface area contributed by atoms with Crippen molar-refractivity contribution in [2.24, 2.45) is 5.73 Å². The zero-order valence-electron chi connectivity index (χ0n) is 15.3. The van der Waals surface area contributed by atoms with Crippen LogP contribution in [0.25, 0.3) is 11.1 Å². The number of halogens is 1. The van der Waals surface area contributed by atoms with Crippen LogP contribution in [-0.4, -0.2) is 18.9 Å². The Bertz CT molecular complexity index is 999. The van der Waals surface area contributed by atoms with Crippen molar-refractivity contribution in [3.8, 4) is 16.9 Å². The van der Waals surface area contributed by atoms with E-state index in [0.29, 0.717) is 29.0 Å². The first-order valence-electron chi connectivity index (χ1n) is 8.63.